The van der Waals surface area contributed by atoms with Crippen molar-refractivity contribution < 1.29 is 0 Å². The number of benzene rings is 1. The molecule has 0 radical (unpaired) electrons. The Morgan fingerprint density at radius 1 is 1.26 bits per heavy atom. The molecule has 0 saturated carbocycles. The predicted molar refractivity (Wildman–Crippen MR) is 82.7 cm³/mol. The van der Waals surface area contributed by atoms with Gasteiger partial charge in [-0.05, 0) is 41.6 Å². The lowest BCUT2D eigenvalue weighted by Crippen LogP contribution is -2.21. The quantitative estimate of drug-likeness (QED) is 0.892. The minimum absolute atomic E-state index is 1.03. The van der Waals surface area contributed by atoms with Crippen molar-refractivity contribution in [1.82, 2.24) is 4.90 Å². The Balaban J connectivity index is 1.68. The lowest BCUT2D eigenvalue weighted by Gasteiger charge is -2.20. The van der Waals surface area contributed by atoms with Gasteiger partial charge in [0.15, 0.2) is 0 Å². The highest BCUT2D eigenvalue weighted by Crippen LogP contribution is 2.24. The standard InChI is InChI=1S/C16H20N2S/c1-2-18(12-15-4-3-9-19-15)11-13-5-6-14-7-8-17-16(14)10-13/h3-6,9-10,17H,2,7-8,11-12H2,1H3. The minimum atomic E-state index is 1.03. The smallest absolute Gasteiger partial charge is 0.0376 e. The molecule has 3 rings (SSSR count). The average Bonchev–Trinajstić information content (AvgIpc) is 3.08. The van der Waals surface area contributed by atoms with E-state index in [4.69, 9.17) is 0 Å². The van der Waals surface area contributed by atoms with Crippen molar-refractivity contribution in [3.8, 4) is 0 Å². The highest BCUT2D eigenvalue weighted by molar-refractivity contribution is 7.09. The molecule has 19 heavy (non-hydrogen) atoms. The summed E-state index contributed by atoms with van der Waals surface area (Å²) in [5.41, 5.74) is 4.21. The first kappa shape index (κ1) is 12.7. The highest BCUT2D eigenvalue weighted by atomic mass is 32.1. The van der Waals surface area contributed by atoms with Gasteiger partial charge < -0.3 is 5.32 Å². The number of rotatable bonds is 5. The van der Waals surface area contributed by atoms with Crippen LogP contribution in [0.5, 0.6) is 0 Å². The molecule has 1 aromatic heterocycles. The highest BCUT2D eigenvalue weighted by Gasteiger charge is 2.11. The molecule has 3 heteroatoms. The molecule has 2 heterocycles. The molecule has 0 saturated heterocycles. The van der Waals surface area contributed by atoms with Crippen molar-refractivity contribution in [1.29, 1.82) is 0 Å². The summed E-state index contributed by atoms with van der Waals surface area (Å²) in [6, 6.07) is 11.2. The van der Waals surface area contributed by atoms with E-state index < -0.39 is 0 Å². The van der Waals surface area contributed by atoms with Gasteiger partial charge in [-0.3, -0.25) is 4.90 Å². The molecular weight excluding hydrogens is 252 g/mol. The zero-order chi connectivity index (χ0) is 13.1. The average molecular weight is 272 g/mol. The van der Waals surface area contributed by atoms with Crippen molar-refractivity contribution in [3.63, 3.8) is 0 Å². The topological polar surface area (TPSA) is 15.3 Å². The van der Waals surface area contributed by atoms with Crippen LogP contribution in [-0.2, 0) is 19.5 Å². The molecule has 0 bridgehead atoms. The second-order valence-electron chi connectivity index (χ2n) is 5.05. The summed E-state index contributed by atoms with van der Waals surface area (Å²) in [6.07, 6.45) is 1.17. The van der Waals surface area contributed by atoms with Gasteiger partial charge in [0.25, 0.3) is 0 Å². The van der Waals surface area contributed by atoms with E-state index in [1.807, 2.05) is 11.3 Å². The number of anilines is 1. The Kier molecular flexibility index (Phi) is 3.85. The van der Waals surface area contributed by atoms with Gasteiger partial charge in [0.1, 0.15) is 0 Å². The molecule has 2 aromatic rings. The molecule has 100 valence electrons. The Labute approximate surface area is 119 Å². The molecule has 0 aliphatic carbocycles. The Morgan fingerprint density at radius 2 is 2.21 bits per heavy atom. The first-order valence-electron chi connectivity index (χ1n) is 6.95. The van der Waals surface area contributed by atoms with Gasteiger partial charge >= 0.3 is 0 Å². The molecule has 0 atom stereocenters. The van der Waals surface area contributed by atoms with Crippen LogP contribution in [0, 0.1) is 0 Å². The molecule has 1 aromatic carbocycles. The van der Waals surface area contributed by atoms with Crippen LogP contribution in [0.15, 0.2) is 35.7 Å². The number of fused-ring (bicyclic) bond motifs is 1. The van der Waals surface area contributed by atoms with E-state index in [0.29, 0.717) is 0 Å². The van der Waals surface area contributed by atoms with E-state index in [2.05, 4.69) is 52.9 Å². The molecule has 0 amide bonds. The maximum absolute atomic E-state index is 3.46. The zero-order valence-electron chi connectivity index (χ0n) is 11.4. The maximum Gasteiger partial charge on any atom is 0.0376 e. The second kappa shape index (κ2) is 5.76. The van der Waals surface area contributed by atoms with Crippen LogP contribution in [0.2, 0.25) is 0 Å². The Hall–Kier alpha value is -1.32. The van der Waals surface area contributed by atoms with E-state index in [1.165, 1.54) is 28.1 Å². The second-order valence-corrected chi connectivity index (χ2v) is 6.08. The van der Waals surface area contributed by atoms with Crippen LogP contribution in [0.3, 0.4) is 0 Å². The largest absolute Gasteiger partial charge is 0.384 e. The molecule has 0 spiro atoms. The fourth-order valence-corrected chi connectivity index (χ4v) is 3.34. The zero-order valence-corrected chi connectivity index (χ0v) is 12.2. The fraction of sp³-hybridized carbons (Fsp3) is 0.375. The number of hydrogen-bond acceptors (Lipinski definition) is 3. The SMILES string of the molecule is CCN(Cc1ccc2c(c1)NCC2)Cc1cccs1. The van der Waals surface area contributed by atoms with Gasteiger partial charge in [0.2, 0.25) is 0 Å². The van der Waals surface area contributed by atoms with Gasteiger partial charge in [-0.2, -0.15) is 0 Å². The van der Waals surface area contributed by atoms with Gasteiger partial charge in [-0.25, -0.2) is 0 Å². The van der Waals surface area contributed by atoms with Gasteiger partial charge in [0, 0.05) is 30.2 Å². The van der Waals surface area contributed by atoms with Crippen molar-refractivity contribution in [2.45, 2.75) is 26.4 Å². The van der Waals surface area contributed by atoms with Crippen LogP contribution in [0.4, 0.5) is 5.69 Å². The normalized spacial score (nSPS) is 13.6. The minimum Gasteiger partial charge on any atom is -0.384 e. The van der Waals surface area contributed by atoms with Crippen molar-refractivity contribution >= 4 is 17.0 Å². The number of thiophene rings is 1. The lowest BCUT2D eigenvalue weighted by atomic mass is 10.1. The monoisotopic (exact) mass is 272 g/mol. The third-order valence-corrected chi connectivity index (χ3v) is 4.56. The van der Waals surface area contributed by atoms with E-state index in [0.717, 1.165) is 26.2 Å². The van der Waals surface area contributed by atoms with E-state index in [-0.39, 0.29) is 0 Å². The van der Waals surface area contributed by atoms with Crippen LogP contribution in [-0.4, -0.2) is 18.0 Å². The van der Waals surface area contributed by atoms with Gasteiger partial charge in [-0.1, -0.05) is 25.1 Å². The molecule has 1 aliphatic rings. The van der Waals surface area contributed by atoms with Crippen LogP contribution < -0.4 is 5.32 Å². The summed E-state index contributed by atoms with van der Waals surface area (Å²) in [5.74, 6) is 0. The van der Waals surface area contributed by atoms with E-state index >= 15 is 0 Å². The first-order chi connectivity index (χ1) is 9.35. The summed E-state index contributed by atoms with van der Waals surface area (Å²) < 4.78 is 0. The molecule has 1 N–H and O–H groups in total. The first-order valence-corrected chi connectivity index (χ1v) is 7.83. The number of hydrogen-bond donors (Lipinski definition) is 1. The molecule has 0 unspecified atom stereocenters. The van der Waals surface area contributed by atoms with Gasteiger partial charge in [-0.15, -0.1) is 11.3 Å². The molecular formula is C16H20N2S. The third-order valence-electron chi connectivity index (χ3n) is 3.70. The number of nitrogens with one attached hydrogen (secondary N) is 1. The van der Waals surface area contributed by atoms with Gasteiger partial charge in [0.05, 0.1) is 0 Å². The van der Waals surface area contributed by atoms with Crippen molar-refractivity contribution in [3.05, 3.63) is 51.7 Å². The Bertz CT molecular complexity index is 534. The fourth-order valence-electron chi connectivity index (χ4n) is 2.60. The summed E-state index contributed by atoms with van der Waals surface area (Å²) in [7, 11) is 0. The summed E-state index contributed by atoms with van der Waals surface area (Å²) in [6.45, 7) is 6.50. The summed E-state index contributed by atoms with van der Waals surface area (Å²) >= 11 is 1.84. The van der Waals surface area contributed by atoms with Crippen LogP contribution >= 0.6 is 11.3 Å². The summed E-state index contributed by atoms with van der Waals surface area (Å²) in [4.78, 5) is 3.93. The molecule has 0 fully saturated rings. The Morgan fingerprint density at radius 3 is 3.00 bits per heavy atom. The van der Waals surface area contributed by atoms with E-state index in [1.54, 1.807) is 0 Å². The van der Waals surface area contributed by atoms with E-state index in [9.17, 15) is 0 Å². The number of nitrogens with zero attached hydrogens (tertiary/aromatic N) is 1. The summed E-state index contributed by atoms with van der Waals surface area (Å²) in [5, 5.41) is 5.62. The lowest BCUT2D eigenvalue weighted by molar-refractivity contribution is 0.274. The van der Waals surface area contributed by atoms with Crippen LogP contribution in [0.25, 0.3) is 0 Å². The predicted octanol–water partition coefficient (Wildman–Crippen LogP) is 3.74. The third kappa shape index (κ3) is 2.99. The van der Waals surface area contributed by atoms with Crippen LogP contribution in [0.1, 0.15) is 22.9 Å². The maximum atomic E-state index is 3.46. The molecule has 1 aliphatic heterocycles. The van der Waals surface area contributed by atoms with Crippen molar-refractivity contribution in [2.24, 2.45) is 0 Å². The molecule has 2 nitrogen and oxygen atoms in total. The van der Waals surface area contributed by atoms with Crippen molar-refractivity contribution in [2.75, 3.05) is 18.4 Å².